The standard InChI is InChI=1S/C23H18F3NO4S2.C20H22N2O3S2.C17H17NO3S2.CO2.CH4/c1-14-5-3-4-6-20(14)31-21-10-7-16(23(24,25)26)11-15(21)13-33(29,30)17-8-9-19-18(12-17)22(28)32-27(19)2;1-21-19-10-9-16(13-17(19)20(23)26-21)27(24,25)14-15-7-3-4-8-18(15)22-11-5-2-6-12-22;1-11-4-5-12(2)13(8-11)10-23(20,21)14-6-7-16-15(9-14)17(19)22-18(16)3;2-1-3;/h3-12H,13H2,1-2H3;3-4,7-10,13H,2,5-6,11-12,14H2,1H3;4-9H,10H2,1-3H3;;1H4. The molecule has 458 valence electrons. The van der Waals surface area contributed by atoms with Crippen molar-refractivity contribution in [1.29, 1.82) is 0 Å². The Hall–Kier alpha value is -7.77. The number of ether oxygens (including phenoxy) is 1. The van der Waals surface area contributed by atoms with Crippen LogP contribution in [0.2, 0.25) is 0 Å². The van der Waals surface area contributed by atoms with Crippen LogP contribution < -0.4 is 23.9 Å². The van der Waals surface area contributed by atoms with E-state index in [-0.39, 0.29) is 70.7 Å². The molecule has 0 aliphatic carbocycles. The zero-order valence-corrected chi connectivity index (χ0v) is 52.1. The highest BCUT2D eigenvalue weighted by molar-refractivity contribution is 7.91. The first-order valence-electron chi connectivity index (χ1n) is 26.4. The predicted octanol–water partition coefficient (Wildman–Crippen LogP) is 12.5. The fourth-order valence-corrected chi connectivity index (χ4v) is 16.3. The minimum Gasteiger partial charge on any atom is -0.457 e. The van der Waals surface area contributed by atoms with Gasteiger partial charge in [-0.05, 0) is 182 Å². The third kappa shape index (κ3) is 15.7. The molecular formula is C62H61F3N4O12S6. The highest BCUT2D eigenvalue weighted by Crippen LogP contribution is 2.37. The number of nitrogens with zero attached hydrogens (tertiary/aromatic N) is 4. The summed E-state index contributed by atoms with van der Waals surface area (Å²) in [7, 11) is -5.85. The third-order valence-corrected chi connectivity index (χ3v) is 21.8. The number of fused-ring (bicyclic) bond motifs is 3. The number of hydrogen-bond acceptors (Lipinski definition) is 16. The number of piperidine rings is 1. The smallest absolute Gasteiger partial charge is 0.416 e. The van der Waals surface area contributed by atoms with E-state index in [0.29, 0.717) is 22.0 Å². The quantitative estimate of drug-likeness (QED) is 0.111. The lowest BCUT2D eigenvalue weighted by atomic mass is 10.1. The Kier molecular flexibility index (Phi) is 21.1. The molecule has 0 atom stereocenters. The molecule has 0 saturated carbocycles. The Morgan fingerprint density at radius 3 is 1.40 bits per heavy atom. The van der Waals surface area contributed by atoms with Gasteiger partial charge in [0.05, 0.1) is 70.2 Å². The van der Waals surface area contributed by atoms with Gasteiger partial charge in [0.2, 0.25) is 0 Å². The predicted molar refractivity (Wildman–Crippen MR) is 337 cm³/mol. The first-order valence-corrected chi connectivity index (χ1v) is 33.7. The fraction of sp³-hybridized carbons (Fsp3) is 0.258. The van der Waals surface area contributed by atoms with Crippen molar-refractivity contribution in [1.82, 2.24) is 11.9 Å². The number of aryl methyl sites for hydroxylation is 6. The lowest BCUT2D eigenvalue weighted by Crippen LogP contribution is -2.30. The summed E-state index contributed by atoms with van der Waals surface area (Å²) in [6.07, 6.45) is -0.896. The molecule has 4 heterocycles. The average molecular weight is 1300 g/mol. The lowest BCUT2D eigenvalue weighted by Gasteiger charge is -2.30. The molecular weight excluding hydrogens is 1240 g/mol. The van der Waals surface area contributed by atoms with E-state index in [1.807, 2.05) is 56.3 Å². The minimum absolute atomic E-state index is 0. The molecule has 0 radical (unpaired) electrons. The maximum atomic E-state index is 13.3. The Morgan fingerprint density at radius 2 is 0.931 bits per heavy atom. The normalized spacial score (nSPS) is 12.7. The molecule has 11 rings (SSSR count). The number of sulfone groups is 3. The van der Waals surface area contributed by atoms with Gasteiger partial charge in [-0.25, -0.2) is 25.3 Å². The second-order valence-electron chi connectivity index (χ2n) is 20.3. The van der Waals surface area contributed by atoms with E-state index in [0.717, 1.165) is 123 Å². The summed E-state index contributed by atoms with van der Waals surface area (Å²) < 4.78 is 128. The average Bonchev–Trinajstić information content (AvgIpc) is 2.07. The van der Waals surface area contributed by atoms with Crippen LogP contribution in [0.15, 0.2) is 169 Å². The molecule has 25 heteroatoms. The molecule has 3 aromatic heterocycles. The first-order chi connectivity index (χ1) is 40.6. The van der Waals surface area contributed by atoms with Crippen LogP contribution in [0.4, 0.5) is 18.9 Å². The molecule has 87 heavy (non-hydrogen) atoms. The summed E-state index contributed by atoms with van der Waals surface area (Å²) in [5.74, 6) is -0.437. The Labute approximate surface area is 513 Å². The SMILES string of the molecule is C.Cc1ccc(C)c(CS(=O)(=O)c2ccc3c(c2)c(=O)sn3C)c1.Cc1ccccc1Oc1ccc(C(F)(F)F)cc1CS(=O)(=O)c1ccc2c(c1)c(=O)sn2C.Cn1sc(=O)c2cc(S(=O)(=O)Cc3ccccc3N3CCCCC3)ccc21.O=C=O. The van der Waals surface area contributed by atoms with Crippen molar-refractivity contribution in [3.05, 3.63) is 207 Å². The van der Waals surface area contributed by atoms with Gasteiger partial charge in [0.1, 0.15) is 11.5 Å². The number of carbonyl (C=O) groups excluding carboxylic acids is 2. The number of para-hydroxylation sites is 2. The first kappa shape index (κ1) is 66.8. The van der Waals surface area contributed by atoms with Crippen molar-refractivity contribution in [2.24, 2.45) is 21.1 Å². The van der Waals surface area contributed by atoms with E-state index in [9.17, 15) is 52.8 Å². The zero-order chi connectivity index (χ0) is 62.5. The van der Waals surface area contributed by atoms with Gasteiger partial charge in [0, 0.05) is 45.5 Å². The van der Waals surface area contributed by atoms with Crippen LogP contribution in [0, 0.1) is 20.8 Å². The number of benzene rings is 7. The summed E-state index contributed by atoms with van der Waals surface area (Å²) in [6, 6.07) is 36.9. The van der Waals surface area contributed by atoms with Crippen molar-refractivity contribution < 1.29 is 52.8 Å². The number of hydrogen-bond donors (Lipinski definition) is 0. The molecule has 1 fully saturated rings. The van der Waals surface area contributed by atoms with Crippen molar-refractivity contribution >= 4 is 109 Å². The zero-order valence-electron chi connectivity index (χ0n) is 47.2. The van der Waals surface area contributed by atoms with Gasteiger partial charge in [-0.3, -0.25) is 26.3 Å². The summed E-state index contributed by atoms with van der Waals surface area (Å²) in [6.45, 7) is 7.55. The molecule has 1 aliphatic rings. The highest BCUT2D eigenvalue weighted by atomic mass is 32.2. The van der Waals surface area contributed by atoms with Crippen LogP contribution >= 0.6 is 34.6 Å². The molecule has 7 aromatic carbocycles. The van der Waals surface area contributed by atoms with Gasteiger partial charge < -0.3 is 9.64 Å². The molecule has 0 N–H and O–H groups in total. The van der Waals surface area contributed by atoms with Crippen LogP contribution in [-0.2, 0) is 83.7 Å². The number of aromatic nitrogens is 3. The van der Waals surface area contributed by atoms with Crippen molar-refractivity contribution in [3.63, 3.8) is 0 Å². The Bertz CT molecular complexity index is 4760. The summed E-state index contributed by atoms with van der Waals surface area (Å²) in [4.78, 5) is 55.0. The van der Waals surface area contributed by atoms with E-state index in [1.54, 1.807) is 88.5 Å². The van der Waals surface area contributed by atoms with E-state index in [1.165, 1.54) is 36.8 Å². The van der Waals surface area contributed by atoms with Gasteiger partial charge in [0.25, 0.3) is 14.2 Å². The van der Waals surface area contributed by atoms with E-state index >= 15 is 0 Å². The number of rotatable bonds is 12. The van der Waals surface area contributed by atoms with Crippen LogP contribution in [0.3, 0.4) is 0 Å². The Balaban J connectivity index is 0.000000184. The highest BCUT2D eigenvalue weighted by Gasteiger charge is 2.32. The topological polar surface area (TPSA) is 215 Å². The molecule has 16 nitrogen and oxygen atoms in total. The van der Waals surface area contributed by atoms with Crippen LogP contribution in [0.1, 0.15) is 65.6 Å². The Morgan fingerprint density at radius 1 is 0.494 bits per heavy atom. The summed E-state index contributed by atoms with van der Waals surface area (Å²) in [5.41, 5.74) is 6.32. The summed E-state index contributed by atoms with van der Waals surface area (Å²) >= 11 is 3.10. The molecule has 0 bridgehead atoms. The minimum atomic E-state index is -4.65. The largest absolute Gasteiger partial charge is 0.457 e. The number of alkyl halides is 3. The van der Waals surface area contributed by atoms with E-state index < -0.39 is 47.0 Å². The van der Waals surface area contributed by atoms with Crippen LogP contribution in [-0.4, -0.2) is 56.4 Å². The monoisotopic (exact) mass is 1300 g/mol. The second kappa shape index (κ2) is 27.5. The van der Waals surface area contributed by atoms with Gasteiger partial charge in [-0.1, -0.05) is 67.6 Å². The van der Waals surface area contributed by atoms with E-state index in [2.05, 4.69) is 4.90 Å². The van der Waals surface area contributed by atoms with Crippen molar-refractivity contribution in [2.75, 3.05) is 18.0 Å². The maximum Gasteiger partial charge on any atom is 0.416 e. The molecule has 0 unspecified atom stereocenters. The van der Waals surface area contributed by atoms with Crippen LogP contribution in [0.25, 0.3) is 32.7 Å². The molecule has 0 amide bonds. The van der Waals surface area contributed by atoms with Gasteiger partial charge in [-0.2, -0.15) is 22.8 Å². The maximum absolute atomic E-state index is 13.3. The summed E-state index contributed by atoms with van der Waals surface area (Å²) in [5, 5.41) is 1.16. The van der Waals surface area contributed by atoms with Gasteiger partial charge in [0.15, 0.2) is 29.5 Å². The second-order valence-corrected chi connectivity index (χ2v) is 29.6. The van der Waals surface area contributed by atoms with Crippen molar-refractivity contribution in [2.45, 2.75) is 85.6 Å². The molecule has 1 saturated heterocycles. The molecule has 1 aliphatic heterocycles. The number of anilines is 1. The van der Waals surface area contributed by atoms with Crippen LogP contribution in [0.5, 0.6) is 11.5 Å². The fourth-order valence-electron chi connectivity index (χ4n) is 9.76. The molecule has 0 spiro atoms. The third-order valence-electron chi connectivity index (χ3n) is 14.2. The van der Waals surface area contributed by atoms with E-state index in [4.69, 9.17) is 14.3 Å². The van der Waals surface area contributed by atoms with Crippen molar-refractivity contribution in [3.8, 4) is 11.5 Å². The number of halogens is 3. The van der Waals surface area contributed by atoms with Gasteiger partial charge in [-0.15, -0.1) is 0 Å². The lowest BCUT2D eigenvalue weighted by molar-refractivity contribution is -0.191. The molecule has 10 aromatic rings. The van der Waals surface area contributed by atoms with Gasteiger partial charge >= 0.3 is 12.3 Å².